The molecule has 0 aliphatic rings. The molecule has 2 aromatic carbocycles. The number of pyridine rings is 1. The molecule has 0 saturated carbocycles. The zero-order chi connectivity index (χ0) is 38.7. The molecule has 0 aliphatic heterocycles. The van der Waals surface area contributed by atoms with Crippen LogP contribution >= 0.6 is 22.7 Å². The Morgan fingerprint density at radius 2 is 1.18 bits per heavy atom. The highest BCUT2D eigenvalue weighted by Crippen LogP contribution is 2.18. The molecule has 0 spiro atoms. The summed E-state index contributed by atoms with van der Waals surface area (Å²) < 4.78 is 14.5. The standard InChI is InChI=1S/C10H12O2.C9H12.C8H11NO2S.C7H9NO2S.C7H9N.3CH4/c1-3-12-10(11)9-6-4-8(2)5-7-9;1-2-6-9-7-4-3-5-8-9;1-4-11-8(10)7-5(2)9-6(3)12-7;1-3-10-7(9)6-4-8-5(2)11-6;1-2-7-4-3-5-8-6-7;;;/h4-7H,3H2,1-2H3;3-5,7-8H,2,6H2,1H3;4H2,1-3H3;4H,3H2,1-2H3;3-6H,2H2,1H3;3*1H4. The van der Waals surface area contributed by atoms with Crippen molar-refractivity contribution < 1.29 is 28.6 Å². The van der Waals surface area contributed by atoms with Gasteiger partial charge in [0, 0.05) is 12.4 Å². The number of carbonyl (C=O) groups excluding carboxylic acids is 3. The summed E-state index contributed by atoms with van der Waals surface area (Å²) in [5.41, 5.74) is 5.26. The van der Waals surface area contributed by atoms with Crippen LogP contribution in [-0.2, 0) is 27.1 Å². The van der Waals surface area contributed by atoms with E-state index in [1.54, 1.807) is 39.1 Å². The lowest BCUT2D eigenvalue weighted by molar-refractivity contribution is 0.0518. The Labute approximate surface area is 339 Å². The Kier molecular flexibility index (Phi) is 32.4. The predicted molar refractivity (Wildman–Crippen MR) is 232 cm³/mol. The van der Waals surface area contributed by atoms with E-state index in [2.05, 4.69) is 65.2 Å². The summed E-state index contributed by atoms with van der Waals surface area (Å²) in [6.07, 6.45) is 8.75. The van der Waals surface area contributed by atoms with Gasteiger partial charge in [0.2, 0.25) is 0 Å². The molecule has 0 saturated heterocycles. The number of aryl methyl sites for hydroxylation is 6. The molecule has 0 bridgehead atoms. The molecule has 55 heavy (non-hydrogen) atoms. The van der Waals surface area contributed by atoms with Gasteiger partial charge in [0.15, 0.2) is 0 Å². The zero-order valence-electron chi connectivity index (χ0n) is 31.9. The van der Waals surface area contributed by atoms with Crippen LogP contribution in [0.5, 0.6) is 0 Å². The number of nitrogens with zero attached hydrogens (tertiary/aromatic N) is 3. The molecule has 0 fully saturated rings. The van der Waals surface area contributed by atoms with Crippen LogP contribution in [0.25, 0.3) is 0 Å². The van der Waals surface area contributed by atoms with Crippen LogP contribution in [0.15, 0.2) is 85.3 Å². The van der Waals surface area contributed by atoms with E-state index >= 15 is 0 Å². The molecule has 11 heteroatoms. The Morgan fingerprint density at radius 3 is 1.62 bits per heavy atom. The first kappa shape index (κ1) is 54.6. The van der Waals surface area contributed by atoms with Crippen LogP contribution in [0.1, 0.15) is 125 Å². The number of aromatic nitrogens is 3. The van der Waals surface area contributed by atoms with Crippen LogP contribution in [0, 0.1) is 27.7 Å². The Bertz CT molecular complexity index is 1710. The van der Waals surface area contributed by atoms with Crippen LogP contribution < -0.4 is 0 Å². The molecule has 3 aromatic heterocycles. The maximum absolute atomic E-state index is 11.2. The van der Waals surface area contributed by atoms with Crippen molar-refractivity contribution in [2.45, 2.75) is 104 Å². The molecule has 3 heterocycles. The van der Waals surface area contributed by atoms with E-state index in [0.29, 0.717) is 35.1 Å². The average molecular weight is 796 g/mol. The van der Waals surface area contributed by atoms with Crippen LogP contribution in [-0.4, -0.2) is 52.7 Å². The topological polar surface area (TPSA) is 118 Å². The summed E-state index contributed by atoms with van der Waals surface area (Å²) in [5, 5.41) is 1.78. The summed E-state index contributed by atoms with van der Waals surface area (Å²) in [4.78, 5) is 46.6. The Morgan fingerprint density at radius 1 is 0.618 bits per heavy atom. The van der Waals surface area contributed by atoms with Crippen LogP contribution in [0.2, 0.25) is 0 Å². The van der Waals surface area contributed by atoms with Crippen molar-refractivity contribution in [2.24, 2.45) is 0 Å². The number of thiazole rings is 2. The number of carbonyl (C=O) groups is 3. The van der Waals surface area contributed by atoms with Crippen LogP contribution in [0.4, 0.5) is 0 Å². The lowest BCUT2D eigenvalue weighted by Gasteiger charge is -2.00. The van der Waals surface area contributed by atoms with Gasteiger partial charge in [-0.25, -0.2) is 24.4 Å². The molecule has 0 atom stereocenters. The number of hydrogen-bond acceptors (Lipinski definition) is 11. The summed E-state index contributed by atoms with van der Waals surface area (Å²) >= 11 is 2.73. The van der Waals surface area contributed by atoms with Gasteiger partial charge in [0.25, 0.3) is 0 Å². The SMILES string of the molecule is C.C.C.CCCc1ccccc1.CCOC(=O)c1ccc(C)cc1.CCOC(=O)c1cnc(C)s1.CCOC(=O)c1sc(C)nc1C.CCc1cccnc1. The van der Waals surface area contributed by atoms with E-state index in [0.717, 1.165) is 27.7 Å². The van der Waals surface area contributed by atoms with Gasteiger partial charge in [0.1, 0.15) is 9.75 Å². The van der Waals surface area contributed by atoms with Crippen molar-refractivity contribution in [1.82, 2.24) is 15.0 Å². The second-order valence-corrected chi connectivity index (χ2v) is 13.3. The van der Waals surface area contributed by atoms with Gasteiger partial charge in [0.05, 0.1) is 47.3 Å². The van der Waals surface area contributed by atoms with E-state index < -0.39 is 0 Å². The minimum atomic E-state index is -0.280. The van der Waals surface area contributed by atoms with Crippen molar-refractivity contribution in [3.05, 3.63) is 133 Å². The molecule has 0 unspecified atom stereocenters. The maximum atomic E-state index is 11.2. The van der Waals surface area contributed by atoms with E-state index in [-0.39, 0.29) is 40.2 Å². The molecule has 0 N–H and O–H groups in total. The van der Waals surface area contributed by atoms with Crippen molar-refractivity contribution in [1.29, 1.82) is 0 Å². The Hall–Kier alpha value is -4.74. The van der Waals surface area contributed by atoms with E-state index in [4.69, 9.17) is 14.2 Å². The van der Waals surface area contributed by atoms with Gasteiger partial charge in [-0.3, -0.25) is 4.98 Å². The molecule has 5 aromatic rings. The molecule has 0 radical (unpaired) electrons. The van der Waals surface area contributed by atoms with Crippen molar-refractivity contribution in [2.75, 3.05) is 19.8 Å². The lowest BCUT2D eigenvalue weighted by Crippen LogP contribution is -2.03. The zero-order valence-corrected chi connectivity index (χ0v) is 33.6. The fourth-order valence-corrected chi connectivity index (χ4v) is 5.50. The van der Waals surface area contributed by atoms with Crippen molar-refractivity contribution in [3.8, 4) is 0 Å². The molecule has 0 amide bonds. The first-order valence-electron chi connectivity index (χ1n) is 17.4. The highest BCUT2D eigenvalue weighted by atomic mass is 32.1. The van der Waals surface area contributed by atoms with Gasteiger partial charge in [-0.15, -0.1) is 22.7 Å². The largest absolute Gasteiger partial charge is 0.462 e. The van der Waals surface area contributed by atoms with Crippen molar-refractivity contribution >= 4 is 40.6 Å². The minimum Gasteiger partial charge on any atom is -0.462 e. The normalized spacial score (nSPS) is 9.04. The third kappa shape index (κ3) is 23.6. The summed E-state index contributed by atoms with van der Waals surface area (Å²) in [6, 6.07) is 21.9. The Balaban J connectivity index is -0.000000610. The third-order valence-corrected chi connectivity index (χ3v) is 8.48. The third-order valence-electron chi connectivity index (χ3n) is 6.54. The quantitative estimate of drug-likeness (QED) is 0.106. The second-order valence-electron chi connectivity index (χ2n) is 10.9. The first-order valence-corrected chi connectivity index (χ1v) is 19.0. The smallest absolute Gasteiger partial charge is 0.350 e. The predicted octanol–water partition coefficient (Wildman–Crippen LogP) is 11.9. The van der Waals surface area contributed by atoms with Gasteiger partial charge in [-0.1, -0.05) is 96.6 Å². The van der Waals surface area contributed by atoms with Gasteiger partial charge < -0.3 is 14.2 Å². The highest BCUT2D eigenvalue weighted by Gasteiger charge is 2.14. The number of esters is 3. The number of ether oxygens (including phenoxy) is 3. The monoisotopic (exact) mass is 795 g/mol. The van der Waals surface area contributed by atoms with E-state index in [1.165, 1.54) is 52.8 Å². The lowest BCUT2D eigenvalue weighted by atomic mass is 10.1. The molecular weight excluding hydrogens is 731 g/mol. The van der Waals surface area contributed by atoms with Gasteiger partial charge in [-0.2, -0.15) is 0 Å². The molecular formula is C44H65N3O6S2. The highest BCUT2D eigenvalue weighted by molar-refractivity contribution is 7.13. The summed E-state index contributed by atoms with van der Waals surface area (Å²) in [5.74, 6) is -0.795. The number of rotatable bonds is 9. The first-order chi connectivity index (χ1) is 25.0. The van der Waals surface area contributed by atoms with Gasteiger partial charge in [-0.05, 0) is 90.6 Å². The van der Waals surface area contributed by atoms with E-state index in [9.17, 15) is 14.4 Å². The molecule has 9 nitrogen and oxygen atoms in total. The second kappa shape index (κ2) is 32.7. The van der Waals surface area contributed by atoms with E-state index in [1.807, 2.05) is 52.1 Å². The summed E-state index contributed by atoms with van der Waals surface area (Å²) in [6.45, 7) is 18.5. The number of hydrogen-bond donors (Lipinski definition) is 0. The maximum Gasteiger partial charge on any atom is 0.350 e. The molecule has 304 valence electrons. The number of benzene rings is 2. The molecule has 0 aliphatic carbocycles. The van der Waals surface area contributed by atoms with Crippen molar-refractivity contribution in [3.63, 3.8) is 0 Å². The fraction of sp³-hybridized carbons (Fsp3) is 0.409. The van der Waals surface area contributed by atoms with Gasteiger partial charge >= 0.3 is 17.9 Å². The average Bonchev–Trinajstić information content (AvgIpc) is 3.74. The molecule has 5 rings (SSSR count). The minimum absolute atomic E-state index is 0. The van der Waals surface area contributed by atoms with Crippen LogP contribution in [0.3, 0.4) is 0 Å². The fourth-order valence-electron chi connectivity index (χ4n) is 4.02. The summed E-state index contributed by atoms with van der Waals surface area (Å²) in [7, 11) is 0.